The van der Waals surface area contributed by atoms with Crippen molar-refractivity contribution in [1.82, 2.24) is 0 Å². The predicted molar refractivity (Wildman–Crippen MR) is 57.8 cm³/mol. The fourth-order valence-corrected chi connectivity index (χ4v) is 2.95. The first kappa shape index (κ1) is 11.0. The van der Waals surface area contributed by atoms with Crippen LogP contribution in [0.3, 0.4) is 0 Å². The summed E-state index contributed by atoms with van der Waals surface area (Å²) in [6.45, 7) is 3.75. The molecule has 16 heavy (non-hydrogen) atoms. The zero-order valence-corrected chi connectivity index (χ0v) is 9.49. The maximum absolute atomic E-state index is 12.0. The van der Waals surface area contributed by atoms with Crippen molar-refractivity contribution >= 4 is 17.8 Å². The van der Waals surface area contributed by atoms with Crippen LogP contribution in [0.5, 0.6) is 0 Å². The van der Waals surface area contributed by atoms with Gasteiger partial charge >= 0.3 is 6.21 Å². The quantitative estimate of drug-likeness (QED) is 0.401. The molecule has 0 N–H and O–H groups in total. The van der Waals surface area contributed by atoms with Gasteiger partial charge in [-0.3, -0.25) is 9.59 Å². The van der Waals surface area contributed by atoms with Crippen molar-refractivity contribution in [3.05, 3.63) is 16.7 Å². The first-order valence-corrected chi connectivity index (χ1v) is 5.49. The number of allylic oxidation sites excluding steroid dienone is 2. The highest BCUT2D eigenvalue weighted by molar-refractivity contribution is 6.31. The number of nitrogens with zero attached hydrogens (tertiary/aromatic N) is 2. The molecule has 84 valence electrons. The largest absolute Gasteiger partial charge is 0.361 e. The van der Waals surface area contributed by atoms with Gasteiger partial charge in [0, 0.05) is 12.0 Å². The van der Waals surface area contributed by atoms with Crippen LogP contribution in [0.15, 0.2) is 11.1 Å². The minimum absolute atomic E-state index is 0.0848. The van der Waals surface area contributed by atoms with Gasteiger partial charge in [-0.25, -0.2) is 0 Å². The molecule has 0 saturated heterocycles. The van der Waals surface area contributed by atoms with E-state index in [4.69, 9.17) is 5.53 Å². The fraction of sp³-hybridized carbons (Fsp3) is 0.583. The van der Waals surface area contributed by atoms with Crippen LogP contribution in [0.4, 0.5) is 0 Å². The highest BCUT2D eigenvalue weighted by atomic mass is 16.1. The van der Waals surface area contributed by atoms with Gasteiger partial charge in [-0.2, -0.15) is 4.79 Å². The number of hydrogen-bond acceptors (Lipinski definition) is 2. The Balaban J connectivity index is 2.50. The molecule has 0 bridgehead atoms. The van der Waals surface area contributed by atoms with E-state index in [2.05, 4.69) is 4.79 Å². The van der Waals surface area contributed by atoms with E-state index in [1.165, 1.54) is 0 Å². The van der Waals surface area contributed by atoms with Crippen LogP contribution in [0, 0.1) is 11.3 Å². The number of ketones is 2. The van der Waals surface area contributed by atoms with E-state index in [9.17, 15) is 9.59 Å². The summed E-state index contributed by atoms with van der Waals surface area (Å²) in [4.78, 5) is 26.6. The second-order valence-corrected chi connectivity index (χ2v) is 4.82. The minimum atomic E-state index is -0.783. The standard InChI is InChI=1S/C12H14N2O2/c1-7-5-8-3-4-9(15)11(8)12(7,2)10(16)6-14-13/h6-7H,3-5H2,1-2H3/t7-,12+/m1/s1. The summed E-state index contributed by atoms with van der Waals surface area (Å²) in [5.74, 6) is -0.0865. The van der Waals surface area contributed by atoms with E-state index in [0.29, 0.717) is 12.0 Å². The summed E-state index contributed by atoms with van der Waals surface area (Å²) in [7, 11) is 0. The van der Waals surface area contributed by atoms with E-state index in [1.807, 2.05) is 6.92 Å². The lowest BCUT2D eigenvalue weighted by atomic mass is 9.72. The molecule has 0 aromatic carbocycles. The molecule has 0 amide bonds. The molecule has 0 radical (unpaired) electrons. The van der Waals surface area contributed by atoms with E-state index in [1.54, 1.807) is 6.92 Å². The molecule has 0 unspecified atom stereocenters. The topological polar surface area (TPSA) is 70.5 Å². The Labute approximate surface area is 94.0 Å². The first-order valence-electron chi connectivity index (χ1n) is 5.49. The van der Waals surface area contributed by atoms with Crippen LogP contribution in [-0.4, -0.2) is 22.6 Å². The second-order valence-electron chi connectivity index (χ2n) is 4.82. The average molecular weight is 218 g/mol. The number of Topliss-reactive ketones (excluding diaryl/α,β-unsaturated/α-hetero) is 2. The molecular weight excluding hydrogens is 204 g/mol. The molecule has 2 atom stereocenters. The Morgan fingerprint density at radius 3 is 2.88 bits per heavy atom. The normalized spacial score (nSPS) is 32.6. The lowest BCUT2D eigenvalue weighted by molar-refractivity contribution is -0.127. The molecule has 2 aliphatic rings. The maximum Gasteiger partial charge on any atom is 0.324 e. The molecule has 0 spiro atoms. The van der Waals surface area contributed by atoms with E-state index in [-0.39, 0.29) is 17.5 Å². The van der Waals surface area contributed by atoms with E-state index in [0.717, 1.165) is 24.6 Å². The fourth-order valence-electron chi connectivity index (χ4n) is 2.95. The van der Waals surface area contributed by atoms with Gasteiger partial charge in [0.1, 0.15) is 0 Å². The van der Waals surface area contributed by atoms with Crippen LogP contribution in [0.25, 0.3) is 5.53 Å². The highest BCUT2D eigenvalue weighted by Crippen LogP contribution is 2.52. The Morgan fingerprint density at radius 1 is 1.56 bits per heavy atom. The maximum atomic E-state index is 12.0. The zero-order chi connectivity index (χ0) is 11.9. The minimum Gasteiger partial charge on any atom is -0.361 e. The van der Waals surface area contributed by atoms with Crippen molar-refractivity contribution in [2.45, 2.75) is 33.1 Å². The Bertz CT molecular complexity index is 458. The van der Waals surface area contributed by atoms with Gasteiger partial charge < -0.3 is 5.53 Å². The van der Waals surface area contributed by atoms with Crippen molar-refractivity contribution in [3.63, 3.8) is 0 Å². The lowest BCUT2D eigenvalue weighted by Gasteiger charge is -2.27. The predicted octanol–water partition coefficient (Wildman–Crippen LogP) is 1.56. The van der Waals surface area contributed by atoms with Crippen molar-refractivity contribution < 1.29 is 14.4 Å². The van der Waals surface area contributed by atoms with Gasteiger partial charge in [0.15, 0.2) is 5.78 Å². The van der Waals surface area contributed by atoms with Gasteiger partial charge in [-0.1, -0.05) is 12.5 Å². The molecular formula is C12H14N2O2. The lowest BCUT2D eigenvalue weighted by Crippen LogP contribution is -2.36. The van der Waals surface area contributed by atoms with Gasteiger partial charge in [0.05, 0.1) is 5.41 Å². The Kier molecular flexibility index (Phi) is 2.39. The Hall–Kier alpha value is -1.54. The van der Waals surface area contributed by atoms with Gasteiger partial charge in [0.2, 0.25) is 5.78 Å². The zero-order valence-electron chi connectivity index (χ0n) is 9.49. The third-order valence-electron chi connectivity index (χ3n) is 4.03. The summed E-state index contributed by atoms with van der Waals surface area (Å²) in [6, 6.07) is 0. The molecule has 4 heteroatoms. The number of hydrogen-bond donors (Lipinski definition) is 0. The molecule has 0 aromatic rings. The molecule has 0 aliphatic heterocycles. The van der Waals surface area contributed by atoms with Crippen LogP contribution in [0.2, 0.25) is 0 Å². The monoisotopic (exact) mass is 218 g/mol. The van der Waals surface area contributed by atoms with E-state index < -0.39 is 5.41 Å². The number of rotatable bonds is 2. The molecule has 0 fully saturated rings. The van der Waals surface area contributed by atoms with Crippen molar-refractivity contribution in [2.75, 3.05) is 0 Å². The summed E-state index contributed by atoms with van der Waals surface area (Å²) < 4.78 is 0. The smallest absolute Gasteiger partial charge is 0.324 e. The SMILES string of the molecule is C[C@@H]1CC2=C(C(=O)CC2)[C@]1(C)C(=O)C=[N+]=[N-]. The number of carbonyl (C=O) groups excluding carboxylic acids is 2. The van der Waals surface area contributed by atoms with Crippen molar-refractivity contribution in [2.24, 2.45) is 11.3 Å². The first-order chi connectivity index (χ1) is 7.51. The van der Waals surface area contributed by atoms with Crippen molar-refractivity contribution in [1.29, 1.82) is 0 Å². The molecule has 2 rings (SSSR count). The summed E-state index contributed by atoms with van der Waals surface area (Å²) in [5.41, 5.74) is 9.48. The van der Waals surface area contributed by atoms with Crippen LogP contribution < -0.4 is 0 Å². The molecule has 0 heterocycles. The second kappa shape index (κ2) is 3.49. The summed E-state index contributed by atoms with van der Waals surface area (Å²) >= 11 is 0. The van der Waals surface area contributed by atoms with Gasteiger partial charge in [-0.05, 0) is 25.7 Å². The van der Waals surface area contributed by atoms with Crippen molar-refractivity contribution in [3.8, 4) is 0 Å². The van der Waals surface area contributed by atoms with Crippen LogP contribution in [0.1, 0.15) is 33.1 Å². The molecule has 0 saturated carbocycles. The van der Waals surface area contributed by atoms with Gasteiger partial charge in [-0.15, -0.1) is 0 Å². The number of carbonyl (C=O) groups is 2. The Morgan fingerprint density at radius 2 is 2.25 bits per heavy atom. The highest BCUT2D eigenvalue weighted by Gasteiger charge is 2.52. The summed E-state index contributed by atoms with van der Waals surface area (Å²) in [6.07, 6.45) is 3.04. The molecule has 0 aromatic heterocycles. The third kappa shape index (κ3) is 1.23. The van der Waals surface area contributed by atoms with E-state index >= 15 is 0 Å². The van der Waals surface area contributed by atoms with Crippen LogP contribution >= 0.6 is 0 Å². The molecule has 2 aliphatic carbocycles. The molecule has 4 nitrogen and oxygen atoms in total. The van der Waals surface area contributed by atoms with Crippen LogP contribution in [-0.2, 0) is 9.59 Å². The average Bonchev–Trinajstić information content (AvgIpc) is 2.70. The summed E-state index contributed by atoms with van der Waals surface area (Å²) in [5, 5.41) is 0. The third-order valence-corrected chi connectivity index (χ3v) is 4.03. The van der Waals surface area contributed by atoms with Gasteiger partial charge in [0.25, 0.3) is 0 Å².